The van der Waals surface area contributed by atoms with E-state index in [1.54, 1.807) is 36.4 Å². The molecule has 0 fully saturated rings. The van der Waals surface area contributed by atoms with E-state index in [4.69, 9.17) is 21.1 Å². The summed E-state index contributed by atoms with van der Waals surface area (Å²) in [5.41, 5.74) is 0.893. The van der Waals surface area contributed by atoms with Gasteiger partial charge in [0.2, 0.25) is 5.78 Å². The van der Waals surface area contributed by atoms with Gasteiger partial charge in [-0.2, -0.15) is 0 Å². The monoisotopic (exact) mass is 304 g/mol. The minimum absolute atomic E-state index is 0.166. The number of ether oxygens (including phenoxy) is 2. The summed E-state index contributed by atoms with van der Waals surface area (Å²) in [6.45, 7) is -0.166. The smallest absolute Gasteiger partial charge is 0.203 e. The highest BCUT2D eigenvalue weighted by atomic mass is 35.5. The van der Waals surface area contributed by atoms with Gasteiger partial charge in [0.25, 0.3) is 0 Å². The summed E-state index contributed by atoms with van der Waals surface area (Å²) in [5.74, 6) is 0.627. The van der Waals surface area contributed by atoms with Crippen LogP contribution in [0.2, 0.25) is 5.02 Å². The Labute approximate surface area is 127 Å². The molecule has 0 amide bonds. The lowest BCUT2D eigenvalue weighted by atomic mass is 10.1. The molecule has 0 aliphatic heterocycles. The molecule has 5 heteroatoms. The van der Waals surface area contributed by atoms with Crippen molar-refractivity contribution in [3.63, 3.8) is 0 Å². The summed E-state index contributed by atoms with van der Waals surface area (Å²) in [7, 11) is 1.50. The minimum atomic E-state index is -0.219. The van der Waals surface area contributed by atoms with Crippen molar-refractivity contribution in [1.29, 1.82) is 0 Å². The quantitative estimate of drug-likeness (QED) is 0.606. The Kier molecular flexibility index (Phi) is 4.95. The molecule has 2 aromatic carbocycles. The highest BCUT2D eigenvalue weighted by Gasteiger charge is 2.13. The molecule has 2 aromatic rings. The van der Waals surface area contributed by atoms with Crippen LogP contribution in [0.15, 0.2) is 42.5 Å². The normalized spacial score (nSPS) is 10.0. The van der Waals surface area contributed by atoms with Crippen LogP contribution in [0.5, 0.6) is 11.5 Å². The molecule has 0 saturated heterocycles. The van der Waals surface area contributed by atoms with Crippen molar-refractivity contribution >= 4 is 23.7 Å². The Bertz CT molecular complexity index is 667. The SMILES string of the molecule is COc1ccccc1C(=O)COc1ccc(C=O)cc1Cl. The molecule has 0 atom stereocenters. The zero-order valence-electron chi connectivity index (χ0n) is 11.3. The minimum Gasteiger partial charge on any atom is -0.496 e. The van der Waals surface area contributed by atoms with E-state index in [0.717, 1.165) is 0 Å². The summed E-state index contributed by atoms with van der Waals surface area (Å²) < 4.78 is 10.5. The van der Waals surface area contributed by atoms with Gasteiger partial charge < -0.3 is 9.47 Å². The molecular formula is C16H13ClO4. The second-order valence-electron chi connectivity index (χ2n) is 4.22. The molecule has 0 saturated carbocycles. The number of ketones is 1. The zero-order valence-corrected chi connectivity index (χ0v) is 12.1. The molecule has 0 aliphatic rings. The third kappa shape index (κ3) is 3.61. The Balaban J connectivity index is 2.09. The summed E-state index contributed by atoms with van der Waals surface area (Å²) in [4.78, 5) is 22.8. The number of hydrogen-bond donors (Lipinski definition) is 0. The van der Waals surface area contributed by atoms with E-state index in [0.29, 0.717) is 28.9 Å². The van der Waals surface area contributed by atoms with Crippen molar-refractivity contribution in [1.82, 2.24) is 0 Å². The maximum atomic E-state index is 12.1. The van der Waals surface area contributed by atoms with Crippen LogP contribution < -0.4 is 9.47 Å². The summed E-state index contributed by atoms with van der Waals surface area (Å²) >= 11 is 5.98. The number of benzene rings is 2. The average molecular weight is 305 g/mol. The van der Waals surface area contributed by atoms with Crippen molar-refractivity contribution in [2.45, 2.75) is 0 Å². The topological polar surface area (TPSA) is 52.6 Å². The summed E-state index contributed by atoms with van der Waals surface area (Å²) in [6, 6.07) is 11.5. The number of methoxy groups -OCH3 is 1. The fourth-order valence-corrected chi connectivity index (χ4v) is 2.05. The van der Waals surface area contributed by atoms with Crippen LogP contribution in [-0.4, -0.2) is 25.8 Å². The van der Waals surface area contributed by atoms with Crippen molar-refractivity contribution in [2.24, 2.45) is 0 Å². The van der Waals surface area contributed by atoms with Crippen molar-refractivity contribution in [2.75, 3.05) is 13.7 Å². The van der Waals surface area contributed by atoms with E-state index in [-0.39, 0.29) is 17.4 Å². The predicted molar refractivity (Wildman–Crippen MR) is 79.7 cm³/mol. The van der Waals surface area contributed by atoms with Crippen LogP contribution in [0.1, 0.15) is 20.7 Å². The highest BCUT2D eigenvalue weighted by Crippen LogP contribution is 2.25. The first-order valence-corrected chi connectivity index (χ1v) is 6.57. The van der Waals surface area contributed by atoms with E-state index in [9.17, 15) is 9.59 Å². The number of Topliss-reactive ketones (excluding diaryl/α,β-unsaturated/α-hetero) is 1. The third-order valence-electron chi connectivity index (χ3n) is 2.86. The van der Waals surface area contributed by atoms with Gasteiger partial charge in [-0.25, -0.2) is 0 Å². The molecular weight excluding hydrogens is 292 g/mol. The Morgan fingerprint density at radius 1 is 1.19 bits per heavy atom. The van der Waals surface area contributed by atoms with Crippen molar-refractivity contribution in [3.8, 4) is 11.5 Å². The van der Waals surface area contributed by atoms with Gasteiger partial charge in [0.15, 0.2) is 6.61 Å². The van der Waals surface area contributed by atoms with Crippen LogP contribution in [0.25, 0.3) is 0 Å². The molecule has 108 valence electrons. The van der Waals surface area contributed by atoms with Gasteiger partial charge >= 0.3 is 0 Å². The molecule has 21 heavy (non-hydrogen) atoms. The Morgan fingerprint density at radius 2 is 1.95 bits per heavy atom. The van der Waals surface area contributed by atoms with Gasteiger partial charge in [-0.1, -0.05) is 23.7 Å². The lowest BCUT2D eigenvalue weighted by molar-refractivity contribution is 0.0918. The third-order valence-corrected chi connectivity index (χ3v) is 3.15. The second-order valence-corrected chi connectivity index (χ2v) is 4.63. The summed E-state index contributed by atoms with van der Waals surface area (Å²) in [6.07, 6.45) is 0.690. The number of para-hydroxylation sites is 1. The maximum Gasteiger partial charge on any atom is 0.203 e. The molecule has 4 nitrogen and oxygen atoms in total. The number of rotatable bonds is 6. The zero-order chi connectivity index (χ0) is 15.2. The van der Waals surface area contributed by atoms with Crippen molar-refractivity contribution < 1.29 is 19.1 Å². The van der Waals surface area contributed by atoms with Gasteiger partial charge in [-0.05, 0) is 30.3 Å². The lowest BCUT2D eigenvalue weighted by Crippen LogP contribution is -2.13. The lowest BCUT2D eigenvalue weighted by Gasteiger charge is -2.10. The summed E-state index contributed by atoms with van der Waals surface area (Å²) in [5, 5.41) is 0.285. The van der Waals surface area contributed by atoms with Crippen LogP contribution in [0.3, 0.4) is 0 Å². The standard InChI is InChI=1S/C16H13ClO4/c1-20-15-5-3-2-4-12(15)14(19)10-21-16-7-6-11(9-18)8-13(16)17/h2-9H,10H2,1H3. The predicted octanol–water partition coefficient (Wildman–Crippen LogP) is 3.42. The van der Waals surface area contributed by atoms with E-state index >= 15 is 0 Å². The Morgan fingerprint density at radius 3 is 2.62 bits per heavy atom. The Hall–Kier alpha value is -2.33. The molecule has 0 radical (unpaired) electrons. The maximum absolute atomic E-state index is 12.1. The van der Waals surface area contributed by atoms with E-state index in [1.807, 2.05) is 0 Å². The number of halogens is 1. The van der Waals surface area contributed by atoms with Gasteiger partial charge in [0.1, 0.15) is 17.8 Å². The van der Waals surface area contributed by atoms with Gasteiger partial charge in [0.05, 0.1) is 17.7 Å². The van der Waals surface area contributed by atoms with Gasteiger partial charge in [-0.15, -0.1) is 0 Å². The molecule has 0 unspecified atom stereocenters. The fourth-order valence-electron chi connectivity index (χ4n) is 1.80. The van der Waals surface area contributed by atoms with E-state index in [1.165, 1.54) is 13.2 Å². The fraction of sp³-hybridized carbons (Fsp3) is 0.125. The van der Waals surface area contributed by atoms with Crippen LogP contribution in [0.4, 0.5) is 0 Å². The average Bonchev–Trinajstić information content (AvgIpc) is 2.53. The van der Waals surface area contributed by atoms with E-state index in [2.05, 4.69) is 0 Å². The first-order chi connectivity index (χ1) is 10.2. The second kappa shape index (κ2) is 6.90. The number of carbonyl (C=O) groups excluding carboxylic acids is 2. The largest absolute Gasteiger partial charge is 0.496 e. The molecule has 0 aliphatic carbocycles. The van der Waals surface area contributed by atoms with Gasteiger partial charge in [-0.3, -0.25) is 9.59 Å². The van der Waals surface area contributed by atoms with Crippen LogP contribution >= 0.6 is 11.6 Å². The van der Waals surface area contributed by atoms with Crippen LogP contribution in [0, 0.1) is 0 Å². The highest BCUT2D eigenvalue weighted by molar-refractivity contribution is 6.32. The number of carbonyl (C=O) groups is 2. The number of hydrogen-bond acceptors (Lipinski definition) is 4. The first kappa shape index (κ1) is 15.1. The van der Waals surface area contributed by atoms with E-state index < -0.39 is 0 Å². The molecule has 0 N–H and O–H groups in total. The van der Waals surface area contributed by atoms with Gasteiger partial charge in [0, 0.05) is 5.56 Å². The number of aldehydes is 1. The first-order valence-electron chi connectivity index (χ1n) is 6.19. The molecule has 0 heterocycles. The van der Waals surface area contributed by atoms with Crippen LogP contribution in [-0.2, 0) is 0 Å². The molecule has 0 aromatic heterocycles. The molecule has 0 spiro atoms. The molecule has 0 bridgehead atoms. The van der Waals surface area contributed by atoms with Crippen molar-refractivity contribution in [3.05, 3.63) is 58.6 Å². The molecule has 2 rings (SSSR count).